The number of hydrogen-bond donors (Lipinski definition) is 0. The van der Waals surface area contributed by atoms with Crippen LogP contribution in [0.3, 0.4) is 0 Å². The molecule has 134 valence electrons. The summed E-state index contributed by atoms with van der Waals surface area (Å²) in [6, 6.07) is 3.79. The van der Waals surface area contributed by atoms with Gasteiger partial charge < -0.3 is 9.42 Å². The van der Waals surface area contributed by atoms with Gasteiger partial charge in [0, 0.05) is 47.3 Å². The summed E-state index contributed by atoms with van der Waals surface area (Å²) in [7, 11) is 0. The van der Waals surface area contributed by atoms with Crippen LogP contribution in [0.4, 0.5) is 0 Å². The van der Waals surface area contributed by atoms with Crippen LogP contribution in [0.25, 0.3) is 11.4 Å². The molecule has 8 heteroatoms. The minimum Gasteiger partial charge on any atom is -0.339 e. The maximum absolute atomic E-state index is 12.7. The summed E-state index contributed by atoms with van der Waals surface area (Å²) in [6.07, 6.45) is 6.01. The number of thiophene rings is 1. The first-order valence-corrected chi connectivity index (χ1v) is 10.2. The first kappa shape index (κ1) is 17.4. The van der Waals surface area contributed by atoms with Crippen molar-refractivity contribution in [2.45, 2.75) is 19.3 Å². The predicted molar refractivity (Wildman–Crippen MR) is 102 cm³/mol. The summed E-state index contributed by atoms with van der Waals surface area (Å²) >= 11 is 4.98. The summed E-state index contributed by atoms with van der Waals surface area (Å²) in [5, 5.41) is 8.06. The van der Waals surface area contributed by atoms with E-state index in [1.807, 2.05) is 27.8 Å². The van der Waals surface area contributed by atoms with Crippen LogP contribution in [-0.2, 0) is 6.42 Å². The first-order valence-electron chi connectivity index (χ1n) is 8.44. The van der Waals surface area contributed by atoms with Gasteiger partial charge in [-0.2, -0.15) is 16.3 Å². The van der Waals surface area contributed by atoms with E-state index in [1.165, 1.54) is 0 Å². The van der Waals surface area contributed by atoms with Crippen LogP contribution >= 0.6 is 27.3 Å². The third-order valence-electron chi connectivity index (χ3n) is 4.47. The van der Waals surface area contributed by atoms with Crippen LogP contribution in [0.15, 0.2) is 44.3 Å². The Labute approximate surface area is 163 Å². The average molecular weight is 433 g/mol. The summed E-state index contributed by atoms with van der Waals surface area (Å²) in [5.41, 5.74) is 1.59. The molecule has 0 bridgehead atoms. The first-order chi connectivity index (χ1) is 12.7. The normalized spacial score (nSPS) is 17.4. The van der Waals surface area contributed by atoms with Gasteiger partial charge in [-0.05, 0) is 52.2 Å². The molecule has 0 unspecified atom stereocenters. The van der Waals surface area contributed by atoms with Gasteiger partial charge in [-0.3, -0.25) is 9.78 Å². The highest BCUT2D eigenvalue weighted by Crippen LogP contribution is 2.24. The van der Waals surface area contributed by atoms with Crippen LogP contribution in [0.2, 0.25) is 0 Å². The molecule has 6 nitrogen and oxygen atoms in total. The molecule has 4 heterocycles. The fraction of sp³-hybridized carbons (Fsp3) is 0.333. The Morgan fingerprint density at radius 1 is 1.42 bits per heavy atom. The molecule has 1 aliphatic heterocycles. The van der Waals surface area contributed by atoms with Crippen molar-refractivity contribution in [3.05, 3.63) is 51.2 Å². The molecule has 0 N–H and O–H groups in total. The van der Waals surface area contributed by atoms with Gasteiger partial charge in [0.15, 0.2) is 0 Å². The molecule has 3 aromatic rings. The highest BCUT2D eigenvalue weighted by molar-refractivity contribution is 9.10. The third kappa shape index (κ3) is 3.86. The maximum Gasteiger partial charge on any atom is 0.255 e. The highest BCUT2D eigenvalue weighted by Gasteiger charge is 2.26. The Hall–Kier alpha value is -2.06. The molecular formula is C18H17BrN4O2S. The Balaban J connectivity index is 1.41. The molecule has 26 heavy (non-hydrogen) atoms. The molecule has 1 fully saturated rings. The lowest BCUT2D eigenvalue weighted by molar-refractivity contribution is 0.0667. The number of aromatic nitrogens is 3. The van der Waals surface area contributed by atoms with Crippen LogP contribution in [0.1, 0.15) is 29.1 Å². The van der Waals surface area contributed by atoms with E-state index in [4.69, 9.17) is 4.52 Å². The summed E-state index contributed by atoms with van der Waals surface area (Å²) < 4.78 is 6.22. The number of piperidine rings is 1. The molecule has 0 radical (unpaired) electrons. The minimum absolute atomic E-state index is 0.0213. The Morgan fingerprint density at radius 2 is 2.35 bits per heavy atom. The van der Waals surface area contributed by atoms with E-state index < -0.39 is 0 Å². The predicted octanol–water partition coefficient (Wildman–Crippen LogP) is 4.05. The maximum atomic E-state index is 12.7. The standard InChI is InChI=1S/C18H17BrN4O2S/c19-15-7-14(8-20-9-15)18(24)23-4-1-2-12(10-23)6-16-21-17(22-25-16)13-3-5-26-11-13/h3,5,7-9,11-12H,1-2,4,6,10H2/t12-/m0/s1. The van der Waals surface area contributed by atoms with E-state index in [0.717, 1.165) is 29.4 Å². The second-order valence-electron chi connectivity index (χ2n) is 6.38. The van der Waals surface area contributed by atoms with Crippen molar-refractivity contribution in [1.29, 1.82) is 0 Å². The minimum atomic E-state index is 0.0213. The Morgan fingerprint density at radius 3 is 3.15 bits per heavy atom. The van der Waals surface area contributed by atoms with E-state index in [-0.39, 0.29) is 5.91 Å². The Kier molecular flexibility index (Phi) is 5.12. The molecule has 1 atom stereocenters. The number of nitrogens with zero attached hydrogens (tertiary/aromatic N) is 4. The fourth-order valence-corrected chi connectivity index (χ4v) is 4.22. The monoisotopic (exact) mass is 432 g/mol. The van der Waals surface area contributed by atoms with Crippen molar-refractivity contribution >= 4 is 33.2 Å². The zero-order valence-electron chi connectivity index (χ0n) is 14.0. The zero-order valence-corrected chi connectivity index (χ0v) is 16.4. The number of carbonyl (C=O) groups is 1. The number of hydrogen-bond acceptors (Lipinski definition) is 6. The van der Waals surface area contributed by atoms with Gasteiger partial charge in [0.1, 0.15) is 0 Å². The molecule has 4 rings (SSSR count). The van der Waals surface area contributed by atoms with E-state index in [9.17, 15) is 4.79 Å². The molecule has 0 aliphatic carbocycles. The van der Waals surface area contributed by atoms with Gasteiger partial charge in [-0.1, -0.05) is 5.16 Å². The van der Waals surface area contributed by atoms with Gasteiger partial charge in [-0.25, -0.2) is 0 Å². The van der Waals surface area contributed by atoms with E-state index in [1.54, 1.807) is 23.7 Å². The van der Waals surface area contributed by atoms with Crippen molar-refractivity contribution < 1.29 is 9.32 Å². The molecule has 1 saturated heterocycles. The van der Waals surface area contributed by atoms with E-state index in [2.05, 4.69) is 31.1 Å². The summed E-state index contributed by atoms with van der Waals surface area (Å²) in [4.78, 5) is 23.2. The van der Waals surface area contributed by atoms with E-state index >= 15 is 0 Å². The smallest absolute Gasteiger partial charge is 0.255 e. The van der Waals surface area contributed by atoms with Crippen LogP contribution < -0.4 is 0 Å². The van der Waals surface area contributed by atoms with Crippen molar-refractivity contribution in [3.8, 4) is 11.4 Å². The number of likely N-dealkylation sites (tertiary alicyclic amines) is 1. The zero-order chi connectivity index (χ0) is 17.9. The highest BCUT2D eigenvalue weighted by atomic mass is 79.9. The SMILES string of the molecule is O=C(c1cncc(Br)c1)N1CCC[C@@H](Cc2nc(-c3ccsc3)no2)C1. The largest absolute Gasteiger partial charge is 0.339 e. The number of amides is 1. The van der Waals surface area contributed by atoms with Gasteiger partial charge in [-0.15, -0.1) is 0 Å². The Bertz CT molecular complexity index is 896. The number of rotatable bonds is 4. The van der Waals surface area contributed by atoms with Crippen LogP contribution in [0, 0.1) is 5.92 Å². The quantitative estimate of drug-likeness (QED) is 0.621. The number of carbonyl (C=O) groups excluding carboxylic acids is 1. The second kappa shape index (κ2) is 7.67. The van der Waals surface area contributed by atoms with Gasteiger partial charge in [0.2, 0.25) is 11.7 Å². The topological polar surface area (TPSA) is 72.1 Å². The van der Waals surface area contributed by atoms with Crippen molar-refractivity contribution in [1.82, 2.24) is 20.0 Å². The lowest BCUT2D eigenvalue weighted by Gasteiger charge is -2.32. The van der Waals surface area contributed by atoms with Gasteiger partial charge in [0.25, 0.3) is 5.91 Å². The molecule has 3 aromatic heterocycles. The van der Waals surface area contributed by atoms with Gasteiger partial charge >= 0.3 is 0 Å². The van der Waals surface area contributed by atoms with Crippen LogP contribution in [0.5, 0.6) is 0 Å². The second-order valence-corrected chi connectivity index (χ2v) is 8.07. The summed E-state index contributed by atoms with van der Waals surface area (Å²) in [6.45, 7) is 1.47. The molecule has 0 saturated carbocycles. The van der Waals surface area contributed by atoms with Gasteiger partial charge in [0.05, 0.1) is 5.56 Å². The van der Waals surface area contributed by atoms with Crippen molar-refractivity contribution in [2.24, 2.45) is 5.92 Å². The van der Waals surface area contributed by atoms with Crippen LogP contribution in [-0.4, -0.2) is 39.0 Å². The lowest BCUT2D eigenvalue weighted by Crippen LogP contribution is -2.40. The fourth-order valence-electron chi connectivity index (χ4n) is 3.22. The molecule has 1 aliphatic rings. The molecule has 0 aromatic carbocycles. The van der Waals surface area contributed by atoms with E-state index in [0.29, 0.717) is 36.2 Å². The lowest BCUT2D eigenvalue weighted by atomic mass is 9.94. The summed E-state index contributed by atoms with van der Waals surface area (Å²) in [5.74, 6) is 1.61. The number of halogens is 1. The molecule has 0 spiro atoms. The molecule has 1 amide bonds. The van der Waals surface area contributed by atoms with Crippen molar-refractivity contribution in [2.75, 3.05) is 13.1 Å². The van der Waals surface area contributed by atoms with Crippen molar-refractivity contribution in [3.63, 3.8) is 0 Å². The molecular weight excluding hydrogens is 416 g/mol. The third-order valence-corrected chi connectivity index (χ3v) is 5.59. The average Bonchev–Trinajstić information content (AvgIpc) is 3.33. The number of pyridine rings is 1.